The SMILES string of the molecule is C=C(C)[C@]1(CC/C(C)=C/CC/C(=C\C[C@H]2OC(=O)C=C2CO)COC(C)=O)CCC[C@@H]1C. The van der Waals surface area contributed by atoms with Crippen LogP contribution in [0, 0.1) is 11.3 Å². The van der Waals surface area contributed by atoms with E-state index in [1.165, 1.54) is 43.4 Å². The quantitative estimate of drug-likeness (QED) is 0.313. The number of hydrogen-bond acceptors (Lipinski definition) is 5. The Balaban J connectivity index is 1.92. The van der Waals surface area contributed by atoms with Crippen molar-refractivity contribution in [1.82, 2.24) is 0 Å². The van der Waals surface area contributed by atoms with Gasteiger partial charge in [0.2, 0.25) is 0 Å². The van der Waals surface area contributed by atoms with E-state index in [-0.39, 0.29) is 24.6 Å². The molecule has 5 heteroatoms. The molecule has 1 N–H and O–H groups in total. The largest absolute Gasteiger partial charge is 0.461 e. The number of aliphatic hydroxyl groups is 1. The standard InChI is InChI=1S/C27H40O5/c1-19(2)27(14-7-9-21(27)4)15-13-20(3)8-6-10-23(18-31-22(5)29)11-12-25-24(17-28)16-26(30)32-25/h8,11,16,21,25,28H,1,6-7,9-10,12-15,17-18H2,2-5H3/b20-8+,23-11+/t21-,25+,27+/m0/s1. The molecule has 178 valence electrons. The zero-order valence-electron chi connectivity index (χ0n) is 20.2. The fourth-order valence-corrected chi connectivity index (χ4v) is 5.03. The van der Waals surface area contributed by atoms with Gasteiger partial charge in [-0.3, -0.25) is 4.79 Å². The molecule has 2 rings (SSSR count). The van der Waals surface area contributed by atoms with Gasteiger partial charge in [0.05, 0.1) is 6.61 Å². The lowest BCUT2D eigenvalue weighted by atomic mass is 9.70. The van der Waals surface area contributed by atoms with E-state index in [4.69, 9.17) is 9.47 Å². The molecule has 1 fully saturated rings. The second kappa shape index (κ2) is 12.2. The van der Waals surface area contributed by atoms with Gasteiger partial charge in [0.1, 0.15) is 12.7 Å². The maximum atomic E-state index is 11.5. The van der Waals surface area contributed by atoms with Crippen LogP contribution < -0.4 is 0 Å². The summed E-state index contributed by atoms with van der Waals surface area (Å²) in [5, 5.41) is 9.39. The zero-order valence-corrected chi connectivity index (χ0v) is 20.2. The van der Waals surface area contributed by atoms with E-state index in [9.17, 15) is 14.7 Å². The summed E-state index contributed by atoms with van der Waals surface area (Å²) in [4.78, 5) is 22.7. The van der Waals surface area contributed by atoms with Crippen LogP contribution in [0.25, 0.3) is 0 Å². The predicted molar refractivity (Wildman–Crippen MR) is 127 cm³/mol. The number of carbonyl (C=O) groups excluding carboxylic acids is 2. The molecule has 32 heavy (non-hydrogen) atoms. The van der Waals surface area contributed by atoms with E-state index >= 15 is 0 Å². The molecule has 1 saturated carbocycles. The molecule has 1 aliphatic carbocycles. The molecular formula is C27H40O5. The van der Waals surface area contributed by atoms with Crippen molar-refractivity contribution in [2.75, 3.05) is 13.2 Å². The van der Waals surface area contributed by atoms with E-state index in [0.717, 1.165) is 31.3 Å². The molecule has 0 unspecified atom stereocenters. The average Bonchev–Trinajstić information content (AvgIpc) is 3.30. The van der Waals surface area contributed by atoms with Crippen molar-refractivity contribution in [3.05, 3.63) is 47.1 Å². The molecule has 0 aromatic rings. The minimum absolute atomic E-state index is 0.199. The van der Waals surface area contributed by atoms with Gasteiger partial charge < -0.3 is 14.6 Å². The number of hydrogen-bond donors (Lipinski definition) is 1. The Labute approximate surface area is 193 Å². The molecule has 0 spiro atoms. The summed E-state index contributed by atoms with van der Waals surface area (Å²) in [5.41, 5.74) is 4.57. The molecule has 5 nitrogen and oxygen atoms in total. The topological polar surface area (TPSA) is 72.8 Å². The summed E-state index contributed by atoms with van der Waals surface area (Å²) < 4.78 is 10.4. The van der Waals surface area contributed by atoms with Crippen molar-refractivity contribution in [2.24, 2.45) is 11.3 Å². The molecule has 0 saturated heterocycles. The van der Waals surface area contributed by atoms with Gasteiger partial charge in [-0.15, -0.1) is 0 Å². The third kappa shape index (κ3) is 7.19. The highest BCUT2D eigenvalue weighted by Gasteiger charge is 2.40. The van der Waals surface area contributed by atoms with E-state index in [0.29, 0.717) is 17.9 Å². The molecular weight excluding hydrogens is 404 g/mol. The number of ether oxygens (including phenoxy) is 2. The summed E-state index contributed by atoms with van der Waals surface area (Å²) >= 11 is 0. The molecule has 0 bridgehead atoms. The third-order valence-electron chi connectivity index (χ3n) is 7.22. The minimum atomic E-state index is -0.441. The van der Waals surface area contributed by atoms with Gasteiger partial charge in [-0.05, 0) is 69.3 Å². The van der Waals surface area contributed by atoms with Crippen LogP contribution in [0.1, 0.15) is 79.1 Å². The Bertz CT molecular complexity index is 788. The first-order valence-corrected chi connectivity index (χ1v) is 11.8. The highest BCUT2D eigenvalue weighted by molar-refractivity contribution is 5.85. The lowest BCUT2D eigenvalue weighted by Crippen LogP contribution is -2.24. The van der Waals surface area contributed by atoms with Crippen LogP contribution in [-0.4, -0.2) is 36.4 Å². The van der Waals surface area contributed by atoms with Crippen LogP contribution in [0.3, 0.4) is 0 Å². The van der Waals surface area contributed by atoms with Crippen molar-refractivity contribution in [1.29, 1.82) is 0 Å². The third-order valence-corrected chi connectivity index (χ3v) is 7.22. The summed E-state index contributed by atoms with van der Waals surface area (Å²) in [7, 11) is 0. The summed E-state index contributed by atoms with van der Waals surface area (Å²) in [6, 6.07) is 0. The van der Waals surface area contributed by atoms with Crippen LogP contribution in [-0.2, 0) is 19.1 Å². The molecule has 0 amide bonds. The average molecular weight is 445 g/mol. The maximum Gasteiger partial charge on any atom is 0.331 e. The lowest BCUT2D eigenvalue weighted by Gasteiger charge is -2.35. The second-order valence-corrected chi connectivity index (χ2v) is 9.50. The fraction of sp³-hybridized carbons (Fsp3) is 0.630. The zero-order chi connectivity index (χ0) is 23.7. The number of allylic oxidation sites excluding steroid dienone is 3. The first-order valence-electron chi connectivity index (χ1n) is 11.8. The highest BCUT2D eigenvalue weighted by atomic mass is 16.5. The summed E-state index contributed by atoms with van der Waals surface area (Å²) in [6.45, 7) is 12.5. The van der Waals surface area contributed by atoms with Crippen LogP contribution in [0.15, 0.2) is 47.1 Å². The molecule has 1 heterocycles. The van der Waals surface area contributed by atoms with Crippen molar-refractivity contribution < 1.29 is 24.2 Å². The van der Waals surface area contributed by atoms with Gasteiger partial charge in [0.25, 0.3) is 0 Å². The number of carbonyl (C=O) groups is 2. The van der Waals surface area contributed by atoms with Crippen molar-refractivity contribution in [2.45, 2.75) is 85.2 Å². The Hall–Kier alpha value is -2.14. The Morgan fingerprint density at radius 2 is 2.06 bits per heavy atom. The van der Waals surface area contributed by atoms with E-state index < -0.39 is 12.1 Å². The van der Waals surface area contributed by atoms with Crippen LogP contribution >= 0.6 is 0 Å². The lowest BCUT2D eigenvalue weighted by molar-refractivity contribution is -0.140. The molecule has 0 radical (unpaired) electrons. The van der Waals surface area contributed by atoms with Gasteiger partial charge in [0.15, 0.2) is 0 Å². The van der Waals surface area contributed by atoms with Gasteiger partial charge in [-0.25, -0.2) is 4.79 Å². The minimum Gasteiger partial charge on any atom is -0.461 e. The normalized spacial score (nSPS) is 26.2. The van der Waals surface area contributed by atoms with E-state index in [1.807, 2.05) is 6.08 Å². The predicted octanol–water partition coefficient (Wildman–Crippen LogP) is 5.60. The van der Waals surface area contributed by atoms with Gasteiger partial charge >= 0.3 is 11.9 Å². The fourth-order valence-electron chi connectivity index (χ4n) is 5.03. The first-order chi connectivity index (χ1) is 15.2. The highest BCUT2D eigenvalue weighted by Crippen LogP contribution is 2.51. The molecule has 2 aliphatic rings. The van der Waals surface area contributed by atoms with Gasteiger partial charge in [-0.2, -0.15) is 0 Å². The van der Waals surface area contributed by atoms with E-state index in [1.54, 1.807) is 0 Å². The van der Waals surface area contributed by atoms with Crippen molar-refractivity contribution in [3.8, 4) is 0 Å². The summed E-state index contributed by atoms with van der Waals surface area (Å²) in [6.07, 6.45) is 13.3. The molecule has 0 aromatic heterocycles. The smallest absolute Gasteiger partial charge is 0.331 e. The molecule has 3 atom stereocenters. The number of cyclic esters (lactones) is 1. The van der Waals surface area contributed by atoms with Crippen LogP contribution in [0.4, 0.5) is 0 Å². The van der Waals surface area contributed by atoms with Crippen molar-refractivity contribution in [3.63, 3.8) is 0 Å². The maximum absolute atomic E-state index is 11.5. The monoisotopic (exact) mass is 444 g/mol. The summed E-state index contributed by atoms with van der Waals surface area (Å²) in [5.74, 6) is -0.0353. The number of rotatable bonds is 12. The van der Waals surface area contributed by atoms with Gasteiger partial charge in [0, 0.05) is 25.0 Å². The van der Waals surface area contributed by atoms with Crippen molar-refractivity contribution >= 4 is 11.9 Å². The van der Waals surface area contributed by atoms with Crippen LogP contribution in [0.5, 0.6) is 0 Å². The number of esters is 2. The number of aliphatic hydroxyl groups excluding tert-OH is 1. The Morgan fingerprint density at radius 3 is 2.66 bits per heavy atom. The Kier molecular flexibility index (Phi) is 9.95. The molecule has 0 aromatic carbocycles. The first kappa shape index (κ1) is 26.1. The van der Waals surface area contributed by atoms with Crippen LogP contribution in [0.2, 0.25) is 0 Å². The molecule has 1 aliphatic heterocycles. The van der Waals surface area contributed by atoms with E-state index in [2.05, 4.69) is 33.4 Å². The van der Waals surface area contributed by atoms with Gasteiger partial charge in [-0.1, -0.05) is 43.2 Å². The Morgan fingerprint density at radius 1 is 1.31 bits per heavy atom. The second-order valence-electron chi connectivity index (χ2n) is 9.50.